The first kappa shape index (κ1) is 14.9. The Balaban J connectivity index is 2.27. The van der Waals surface area contributed by atoms with E-state index >= 15 is 0 Å². The number of aryl methyl sites for hydroxylation is 1. The van der Waals surface area contributed by atoms with Crippen molar-refractivity contribution in [3.05, 3.63) is 42.0 Å². The van der Waals surface area contributed by atoms with Crippen molar-refractivity contribution in [1.82, 2.24) is 9.55 Å². The molecule has 0 aliphatic carbocycles. The van der Waals surface area contributed by atoms with Gasteiger partial charge < -0.3 is 14.0 Å². The molecule has 3 rings (SSSR count). The topological polar surface area (TPSA) is 60.1 Å². The maximum absolute atomic E-state index is 9.19. The van der Waals surface area contributed by atoms with Gasteiger partial charge in [-0.2, -0.15) is 5.26 Å². The summed E-state index contributed by atoms with van der Waals surface area (Å²) in [5.41, 5.74) is 3.77. The lowest BCUT2D eigenvalue weighted by molar-refractivity contribution is 0.355. The number of ether oxygens (including phenoxy) is 2. The zero-order valence-electron chi connectivity index (χ0n) is 13.3. The van der Waals surface area contributed by atoms with E-state index in [9.17, 15) is 5.26 Å². The third kappa shape index (κ3) is 2.59. The average Bonchev–Trinajstić information content (AvgIpc) is 2.92. The van der Waals surface area contributed by atoms with Crippen LogP contribution in [0.5, 0.6) is 11.5 Å². The normalized spacial score (nSPS) is 10.5. The highest BCUT2D eigenvalue weighted by Gasteiger charge is 2.16. The van der Waals surface area contributed by atoms with Gasteiger partial charge in [0.05, 0.1) is 31.3 Å². The fraction of sp³-hybridized carbons (Fsp3) is 0.222. The molecule has 0 bridgehead atoms. The van der Waals surface area contributed by atoms with Crippen LogP contribution in [0.25, 0.3) is 22.4 Å². The highest BCUT2D eigenvalue weighted by atomic mass is 16.5. The van der Waals surface area contributed by atoms with Crippen molar-refractivity contribution < 1.29 is 9.47 Å². The molecular formula is C18H17N3O2. The lowest BCUT2D eigenvalue weighted by atomic mass is 10.1. The Morgan fingerprint density at radius 3 is 2.35 bits per heavy atom. The smallest absolute Gasteiger partial charge is 0.163 e. The first-order valence-corrected chi connectivity index (χ1v) is 7.24. The van der Waals surface area contributed by atoms with E-state index in [4.69, 9.17) is 14.5 Å². The van der Waals surface area contributed by atoms with Gasteiger partial charge in [0.2, 0.25) is 0 Å². The number of nitriles is 1. The molecule has 0 saturated heterocycles. The molecule has 0 aliphatic heterocycles. The molecule has 0 saturated carbocycles. The van der Waals surface area contributed by atoms with Crippen molar-refractivity contribution in [3.8, 4) is 29.0 Å². The number of rotatable bonds is 4. The minimum Gasteiger partial charge on any atom is -0.493 e. The van der Waals surface area contributed by atoms with Gasteiger partial charge in [-0.05, 0) is 6.92 Å². The highest BCUT2D eigenvalue weighted by Crippen LogP contribution is 2.34. The lowest BCUT2D eigenvalue weighted by Gasteiger charge is -2.08. The second-order valence-corrected chi connectivity index (χ2v) is 5.24. The minimum atomic E-state index is 0.217. The largest absolute Gasteiger partial charge is 0.493 e. The molecule has 2 aromatic carbocycles. The summed E-state index contributed by atoms with van der Waals surface area (Å²) in [7, 11) is 3.19. The Bertz CT molecular complexity index is 889. The Labute approximate surface area is 134 Å². The molecule has 0 radical (unpaired) electrons. The van der Waals surface area contributed by atoms with Crippen molar-refractivity contribution in [2.45, 2.75) is 13.5 Å². The van der Waals surface area contributed by atoms with Crippen molar-refractivity contribution in [1.29, 1.82) is 5.26 Å². The Hall–Kier alpha value is -3.00. The molecule has 0 atom stereocenters. The molecule has 116 valence electrons. The maximum atomic E-state index is 9.19. The van der Waals surface area contributed by atoms with Crippen molar-refractivity contribution in [2.24, 2.45) is 0 Å². The molecule has 0 fully saturated rings. The highest BCUT2D eigenvalue weighted by molar-refractivity contribution is 5.84. The SMILES string of the molecule is COc1cc2nc(-c3ccc(C)cc3)n(CC#N)c2cc1OC. The van der Waals surface area contributed by atoms with E-state index < -0.39 is 0 Å². The van der Waals surface area contributed by atoms with E-state index in [2.05, 4.69) is 6.07 Å². The number of aromatic nitrogens is 2. The van der Waals surface area contributed by atoms with Gasteiger partial charge in [0.25, 0.3) is 0 Å². The molecule has 23 heavy (non-hydrogen) atoms. The Kier molecular flexibility index (Phi) is 3.90. The number of methoxy groups -OCH3 is 2. The number of imidazole rings is 1. The monoisotopic (exact) mass is 307 g/mol. The van der Waals surface area contributed by atoms with Crippen LogP contribution in [-0.2, 0) is 6.54 Å². The molecule has 5 heteroatoms. The summed E-state index contributed by atoms with van der Waals surface area (Å²) in [4.78, 5) is 4.69. The minimum absolute atomic E-state index is 0.217. The van der Waals surface area contributed by atoms with Gasteiger partial charge in [-0.15, -0.1) is 0 Å². The zero-order chi connectivity index (χ0) is 16.4. The van der Waals surface area contributed by atoms with E-state index in [1.54, 1.807) is 14.2 Å². The van der Waals surface area contributed by atoms with Crippen LogP contribution >= 0.6 is 0 Å². The third-order valence-electron chi connectivity index (χ3n) is 3.79. The van der Waals surface area contributed by atoms with Crippen LogP contribution in [0.2, 0.25) is 0 Å². The predicted molar refractivity (Wildman–Crippen MR) is 88.6 cm³/mol. The van der Waals surface area contributed by atoms with Crippen LogP contribution in [0.15, 0.2) is 36.4 Å². The van der Waals surface area contributed by atoms with Crippen LogP contribution in [0.1, 0.15) is 5.56 Å². The maximum Gasteiger partial charge on any atom is 0.163 e. The second-order valence-electron chi connectivity index (χ2n) is 5.24. The molecule has 1 aromatic heterocycles. The molecule has 1 heterocycles. The average molecular weight is 307 g/mol. The summed E-state index contributed by atoms with van der Waals surface area (Å²) in [5, 5.41) is 9.19. The number of benzene rings is 2. The van der Waals surface area contributed by atoms with E-state index in [0.717, 1.165) is 22.4 Å². The van der Waals surface area contributed by atoms with Crippen LogP contribution in [0.4, 0.5) is 0 Å². The van der Waals surface area contributed by atoms with Gasteiger partial charge in [-0.25, -0.2) is 4.98 Å². The Morgan fingerprint density at radius 2 is 1.74 bits per heavy atom. The van der Waals surface area contributed by atoms with Gasteiger partial charge in [-0.1, -0.05) is 29.8 Å². The molecule has 0 N–H and O–H groups in total. The van der Waals surface area contributed by atoms with E-state index in [0.29, 0.717) is 11.5 Å². The van der Waals surface area contributed by atoms with E-state index in [1.165, 1.54) is 5.56 Å². The standard InChI is InChI=1S/C18H17N3O2/c1-12-4-6-13(7-5-12)18-20-14-10-16(22-2)17(23-3)11-15(14)21(18)9-8-19/h4-7,10-11H,9H2,1-3H3. The molecule has 0 amide bonds. The number of hydrogen-bond donors (Lipinski definition) is 0. The second kappa shape index (κ2) is 6.01. The summed E-state index contributed by atoms with van der Waals surface area (Å²) in [6.45, 7) is 2.26. The number of nitrogens with zero attached hydrogens (tertiary/aromatic N) is 3. The third-order valence-corrected chi connectivity index (χ3v) is 3.79. The van der Waals surface area contributed by atoms with Gasteiger partial charge in [0, 0.05) is 17.7 Å². The Morgan fingerprint density at radius 1 is 1.09 bits per heavy atom. The summed E-state index contributed by atoms with van der Waals surface area (Å²) in [6, 6.07) is 14.0. The van der Waals surface area contributed by atoms with Gasteiger partial charge in [-0.3, -0.25) is 0 Å². The quantitative estimate of drug-likeness (QED) is 0.739. The van der Waals surface area contributed by atoms with Crippen molar-refractivity contribution in [2.75, 3.05) is 14.2 Å². The van der Waals surface area contributed by atoms with E-state index in [-0.39, 0.29) is 6.54 Å². The first-order chi connectivity index (χ1) is 11.2. The van der Waals surface area contributed by atoms with Crippen molar-refractivity contribution >= 4 is 11.0 Å². The fourth-order valence-electron chi connectivity index (χ4n) is 2.61. The number of hydrogen-bond acceptors (Lipinski definition) is 4. The molecule has 0 aliphatic rings. The summed E-state index contributed by atoms with van der Waals surface area (Å²) >= 11 is 0. The number of fused-ring (bicyclic) bond motifs is 1. The molecule has 0 spiro atoms. The van der Waals surface area contributed by atoms with Gasteiger partial charge in [0.15, 0.2) is 11.5 Å². The van der Waals surface area contributed by atoms with Gasteiger partial charge >= 0.3 is 0 Å². The lowest BCUT2D eigenvalue weighted by Crippen LogP contribution is -1.99. The summed E-state index contributed by atoms with van der Waals surface area (Å²) in [5.74, 6) is 2.00. The van der Waals surface area contributed by atoms with Gasteiger partial charge in [0.1, 0.15) is 12.4 Å². The summed E-state index contributed by atoms with van der Waals surface area (Å²) < 4.78 is 12.6. The van der Waals surface area contributed by atoms with Crippen molar-refractivity contribution in [3.63, 3.8) is 0 Å². The van der Waals surface area contributed by atoms with E-state index in [1.807, 2.05) is 47.9 Å². The molecule has 5 nitrogen and oxygen atoms in total. The van der Waals surface area contributed by atoms with Crippen LogP contribution in [-0.4, -0.2) is 23.8 Å². The zero-order valence-corrected chi connectivity index (χ0v) is 13.3. The van der Waals surface area contributed by atoms with Crippen LogP contribution in [0, 0.1) is 18.3 Å². The fourth-order valence-corrected chi connectivity index (χ4v) is 2.61. The molecule has 3 aromatic rings. The first-order valence-electron chi connectivity index (χ1n) is 7.24. The van der Waals surface area contributed by atoms with Crippen LogP contribution in [0.3, 0.4) is 0 Å². The van der Waals surface area contributed by atoms with Crippen LogP contribution < -0.4 is 9.47 Å². The molecular weight excluding hydrogens is 290 g/mol. The summed E-state index contributed by atoms with van der Waals surface area (Å²) in [6.07, 6.45) is 0. The predicted octanol–water partition coefficient (Wildman–Crippen LogP) is 3.55. The molecule has 0 unspecified atom stereocenters.